The number of alkyl halides is 3. The van der Waals surface area contributed by atoms with E-state index in [0.717, 1.165) is 19.3 Å². The van der Waals surface area contributed by atoms with Crippen LogP contribution in [-0.4, -0.2) is 50.3 Å². The first-order chi connectivity index (χ1) is 9.17. The van der Waals surface area contributed by atoms with Gasteiger partial charge in [0.2, 0.25) is 10.0 Å². The second-order valence-electron chi connectivity index (χ2n) is 5.29. The van der Waals surface area contributed by atoms with Gasteiger partial charge in [-0.25, -0.2) is 8.42 Å². The lowest BCUT2D eigenvalue weighted by molar-refractivity contribution is -0.134. The lowest BCUT2D eigenvalue weighted by atomic mass is 9.99. The van der Waals surface area contributed by atoms with E-state index >= 15 is 0 Å². The van der Waals surface area contributed by atoms with Crippen molar-refractivity contribution in [3.05, 3.63) is 0 Å². The molecule has 20 heavy (non-hydrogen) atoms. The lowest BCUT2D eigenvalue weighted by Gasteiger charge is -2.38. The minimum absolute atomic E-state index is 0.00677. The molecule has 8 heteroatoms. The number of nitrogens with zero attached hydrogens (tertiary/aromatic N) is 1. The molecule has 0 saturated carbocycles. The van der Waals surface area contributed by atoms with E-state index in [2.05, 4.69) is 5.32 Å². The van der Waals surface area contributed by atoms with Crippen LogP contribution in [0.5, 0.6) is 0 Å². The molecule has 0 amide bonds. The number of halogens is 3. The van der Waals surface area contributed by atoms with E-state index in [-0.39, 0.29) is 18.5 Å². The van der Waals surface area contributed by atoms with Crippen molar-refractivity contribution >= 4 is 10.0 Å². The van der Waals surface area contributed by atoms with Crippen LogP contribution in [0.4, 0.5) is 13.2 Å². The van der Waals surface area contributed by atoms with E-state index in [1.165, 1.54) is 4.31 Å². The number of hydrogen-bond acceptors (Lipinski definition) is 3. The summed E-state index contributed by atoms with van der Waals surface area (Å²) in [6.07, 6.45) is -3.25. The Bertz CT molecular complexity index is 398. The first-order valence-electron chi connectivity index (χ1n) is 6.91. The summed E-state index contributed by atoms with van der Waals surface area (Å²) < 4.78 is 62.2. The van der Waals surface area contributed by atoms with E-state index in [9.17, 15) is 21.6 Å². The fourth-order valence-corrected chi connectivity index (χ4v) is 4.39. The molecule has 1 rings (SSSR count). The molecule has 1 aliphatic heterocycles. The molecule has 2 unspecified atom stereocenters. The molecule has 0 bridgehead atoms. The number of likely N-dealkylation sites (N-methyl/N-ethyl adjacent to an activating group) is 1. The van der Waals surface area contributed by atoms with Gasteiger partial charge in [-0.3, -0.25) is 0 Å². The van der Waals surface area contributed by atoms with Gasteiger partial charge in [-0.2, -0.15) is 17.5 Å². The molecular formula is C12H23F3N2O2S. The maximum Gasteiger partial charge on any atom is 0.389 e. The molecule has 0 spiro atoms. The summed E-state index contributed by atoms with van der Waals surface area (Å²) in [5.74, 6) is -0.431. The number of hydrogen-bond donors (Lipinski definition) is 1. The minimum atomic E-state index is -4.30. The van der Waals surface area contributed by atoms with Crippen molar-refractivity contribution < 1.29 is 21.6 Å². The second kappa shape index (κ2) is 7.09. The molecule has 0 aromatic carbocycles. The number of sulfonamides is 1. The lowest BCUT2D eigenvalue weighted by Crippen LogP contribution is -2.53. The topological polar surface area (TPSA) is 49.4 Å². The summed E-state index contributed by atoms with van der Waals surface area (Å²) >= 11 is 0. The molecule has 1 N–H and O–H groups in total. The Morgan fingerprint density at radius 1 is 1.35 bits per heavy atom. The van der Waals surface area contributed by atoms with Gasteiger partial charge in [0.05, 0.1) is 5.75 Å². The summed E-state index contributed by atoms with van der Waals surface area (Å²) in [5.41, 5.74) is 0. The van der Waals surface area contributed by atoms with Crippen molar-refractivity contribution in [3.8, 4) is 0 Å². The number of piperidine rings is 1. The molecular weight excluding hydrogens is 293 g/mol. The predicted molar refractivity (Wildman–Crippen MR) is 71.9 cm³/mol. The van der Waals surface area contributed by atoms with E-state index in [0.29, 0.717) is 6.54 Å². The zero-order valence-corrected chi connectivity index (χ0v) is 12.7. The largest absolute Gasteiger partial charge is 0.389 e. The SMILES string of the molecule is CNC(C)C1CCCCN1S(=O)(=O)CCCC(F)(F)F. The van der Waals surface area contributed by atoms with Crippen molar-refractivity contribution in [3.63, 3.8) is 0 Å². The normalized spacial score (nSPS) is 23.8. The van der Waals surface area contributed by atoms with Crippen LogP contribution in [0.3, 0.4) is 0 Å². The zero-order valence-electron chi connectivity index (χ0n) is 11.9. The van der Waals surface area contributed by atoms with Crippen LogP contribution in [0, 0.1) is 0 Å². The molecule has 120 valence electrons. The second-order valence-corrected chi connectivity index (χ2v) is 7.33. The first kappa shape index (κ1) is 17.7. The standard InChI is InChI=1S/C12H23F3N2O2S/c1-10(16-2)11-6-3-4-8-17(11)20(18,19)9-5-7-12(13,14)15/h10-11,16H,3-9H2,1-2H3. The Hall–Kier alpha value is -0.340. The van der Waals surface area contributed by atoms with Crippen LogP contribution in [0.2, 0.25) is 0 Å². The van der Waals surface area contributed by atoms with Gasteiger partial charge >= 0.3 is 6.18 Å². The Morgan fingerprint density at radius 3 is 2.55 bits per heavy atom. The highest BCUT2D eigenvalue weighted by atomic mass is 32.2. The van der Waals surface area contributed by atoms with Crippen molar-refractivity contribution in [2.24, 2.45) is 0 Å². The third-order valence-electron chi connectivity index (χ3n) is 3.75. The maximum absolute atomic E-state index is 12.2. The average Bonchev–Trinajstić information content (AvgIpc) is 2.36. The quantitative estimate of drug-likeness (QED) is 0.816. The molecule has 1 saturated heterocycles. The van der Waals surface area contributed by atoms with Gasteiger partial charge in [0.15, 0.2) is 0 Å². The molecule has 0 aromatic rings. The molecule has 1 heterocycles. The van der Waals surface area contributed by atoms with Crippen molar-refractivity contribution in [2.75, 3.05) is 19.3 Å². The smallest absolute Gasteiger partial charge is 0.316 e. The fourth-order valence-electron chi connectivity index (χ4n) is 2.54. The van der Waals surface area contributed by atoms with Crippen LogP contribution in [0.15, 0.2) is 0 Å². The Balaban J connectivity index is 2.68. The average molecular weight is 316 g/mol. The summed E-state index contributed by atoms with van der Waals surface area (Å²) in [7, 11) is -1.86. The zero-order chi connectivity index (χ0) is 15.4. The minimum Gasteiger partial charge on any atom is -0.316 e. The van der Waals surface area contributed by atoms with Crippen LogP contribution in [0.1, 0.15) is 39.0 Å². The fraction of sp³-hybridized carbons (Fsp3) is 1.00. The highest BCUT2D eigenvalue weighted by molar-refractivity contribution is 7.89. The van der Waals surface area contributed by atoms with Crippen LogP contribution >= 0.6 is 0 Å². The van der Waals surface area contributed by atoms with E-state index in [1.54, 1.807) is 7.05 Å². The number of rotatable bonds is 6. The molecule has 0 aromatic heterocycles. The highest BCUT2D eigenvalue weighted by Gasteiger charge is 2.35. The third kappa shape index (κ3) is 5.21. The van der Waals surface area contributed by atoms with Crippen molar-refractivity contribution in [2.45, 2.75) is 57.3 Å². The van der Waals surface area contributed by atoms with Gasteiger partial charge in [-0.1, -0.05) is 6.42 Å². The molecule has 1 aliphatic rings. The van der Waals surface area contributed by atoms with Crippen LogP contribution < -0.4 is 5.32 Å². The van der Waals surface area contributed by atoms with Gasteiger partial charge in [0.1, 0.15) is 0 Å². The molecule has 0 radical (unpaired) electrons. The Morgan fingerprint density at radius 2 is 2.00 bits per heavy atom. The highest BCUT2D eigenvalue weighted by Crippen LogP contribution is 2.26. The van der Waals surface area contributed by atoms with Gasteiger partial charge in [0.25, 0.3) is 0 Å². The molecule has 1 fully saturated rings. The van der Waals surface area contributed by atoms with Crippen LogP contribution in [0.25, 0.3) is 0 Å². The monoisotopic (exact) mass is 316 g/mol. The summed E-state index contributed by atoms with van der Waals surface area (Å²) in [6, 6.07) is -0.169. The summed E-state index contributed by atoms with van der Waals surface area (Å²) in [6.45, 7) is 2.30. The van der Waals surface area contributed by atoms with Crippen LogP contribution in [-0.2, 0) is 10.0 Å². The molecule has 4 nitrogen and oxygen atoms in total. The maximum atomic E-state index is 12.2. The third-order valence-corrected chi connectivity index (χ3v) is 5.72. The van der Waals surface area contributed by atoms with Gasteiger partial charge in [-0.05, 0) is 33.2 Å². The Kier molecular flexibility index (Phi) is 6.27. The summed E-state index contributed by atoms with van der Waals surface area (Å²) in [5, 5.41) is 3.03. The van der Waals surface area contributed by atoms with E-state index < -0.39 is 28.4 Å². The molecule has 0 aliphatic carbocycles. The summed E-state index contributed by atoms with van der Waals surface area (Å²) in [4.78, 5) is 0. The van der Waals surface area contributed by atoms with Crippen molar-refractivity contribution in [1.82, 2.24) is 9.62 Å². The van der Waals surface area contributed by atoms with Gasteiger partial charge in [0, 0.05) is 25.0 Å². The van der Waals surface area contributed by atoms with Gasteiger partial charge < -0.3 is 5.32 Å². The van der Waals surface area contributed by atoms with Crippen molar-refractivity contribution in [1.29, 1.82) is 0 Å². The number of nitrogens with one attached hydrogen (secondary N) is 1. The Labute approximate surface area is 118 Å². The predicted octanol–water partition coefficient (Wildman–Crippen LogP) is 2.12. The van der Waals surface area contributed by atoms with E-state index in [4.69, 9.17) is 0 Å². The van der Waals surface area contributed by atoms with Gasteiger partial charge in [-0.15, -0.1) is 0 Å². The van der Waals surface area contributed by atoms with E-state index in [1.807, 2.05) is 6.92 Å². The first-order valence-corrected chi connectivity index (χ1v) is 8.52. The molecule has 2 atom stereocenters.